The minimum atomic E-state index is 0.285. The highest BCUT2D eigenvalue weighted by atomic mass is 16.5. The summed E-state index contributed by atoms with van der Waals surface area (Å²) in [5, 5.41) is 4.08. The van der Waals surface area contributed by atoms with Crippen molar-refractivity contribution in [1.29, 1.82) is 0 Å². The normalized spacial score (nSPS) is 19.3. The molecule has 1 aliphatic rings. The number of benzene rings is 1. The molecule has 1 saturated heterocycles. The average Bonchev–Trinajstić information content (AvgIpc) is 3.00. The standard InChI is InChI=1S/C14H16N2O2/c1-9-3-4-10(2)12(7-9)14-15-13(16-18-14)11-5-6-17-8-11/h3-4,7,11H,5-6,8H2,1-2H3. The van der Waals surface area contributed by atoms with Gasteiger partial charge in [0.05, 0.1) is 6.61 Å². The summed E-state index contributed by atoms with van der Waals surface area (Å²) in [6, 6.07) is 6.24. The molecule has 1 aromatic heterocycles. The molecule has 0 saturated carbocycles. The van der Waals surface area contributed by atoms with Gasteiger partial charge in [-0.15, -0.1) is 0 Å². The summed E-state index contributed by atoms with van der Waals surface area (Å²) in [7, 11) is 0. The third kappa shape index (κ3) is 2.04. The van der Waals surface area contributed by atoms with Gasteiger partial charge >= 0.3 is 0 Å². The summed E-state index contributed by atoms with van der Waals surface area (Å²) in [6.07, 6.45) is 0.978. The van der Waals surface area contributed by atoms with Gasteiger partial charge in [-0.2, -0.15) is 4.98 Å². The summed E-state index contributed by atoms with van der Waals surface area (Å²) in [5.41, 5.74) is 3.37. The number of aryl methyl sites for hydroxylation is 2. The van der Waals surface area contributed by atoms with Gasteiger partial charge in [0.1, 0.15) is 0 Å². The predicted molar refractivity (Wildman–Crippen MR) is 67.4 cm³/mol. The lowest BCUT2D eigenvalue weighted by molar-refractivity contribution is 0.192. The third-order valence-electron chi connectivity index (χ3n) is 3.36. The van der Waals surface area contributed by atoms with E-state index >= 15 is 0 Å². The average molecular weight is 244 g/mol. The van der Waals surface area contributed by atoms with Gasteiger partial charge in [-0.1, -0.05) is 22.9 Å². The molecule has 0 bridgehead atoms. The molecule has 0 N–H and O–H groups in total. The zero-order valence-corrected chi connectivity index (χ0v) is 10.6. The van der Waals surface area contributed by atoms with Crippen molar-refractivity contribution < 1.29 is 9.26 Å². The molecule has 0 aliphatic carbocycles. The molecule has 2 heterocycles. The van der Waals surface area contributed by atoms with Crippen LogP contribution in [0.25, 0.3) is 11.5 Å². The van der Waals surface area contributed by atoms with E-state index in [0.29, 0.717) is 12.5 Å². The Morgan fingerprint density at radius 2 is 2.17 bits per heavy atom. The van der Waals surface area contributed by atoms with Crippen LogP contribution < -0.4 is 0 Å². The lowest BCUT2D eigenvalue weighted by atomic mass is 10.1. The van der Waals surface area contributed by atoms with Crippen molar-refractivity contribution in [2.75, 3.05) is 13.2 Å². The van der Waals surface area contributed by atoms with Crippen LogP contribution in [0.15, 0.2) is 22.7 Å². The topological polar surface area (TPSA) is 48.2 Å². The lowest BCUT2D eigenvalue weighted by Crippen LogP contribution is -1.99. The molecule has 0 amide bonds. The number of aromatic nitrogens is 2. The quantitative estimate of drug-likeness (QED) is 0.815. The summed E-state index contributed by atoms with van der Waals surface area (Å²) >= 11 is 0. The van der Waals surface area contributed by atoms with Crippen LogP contribution in [-0.2, 0) is 4.74 Å². The Morgan fingerprint density at radius 3 is 2.94 bits per heavy atom. The van der Waals surface area contributed by atoms with Crippen molar-refractivity contribution in [1.82, 2.24) is 10.1 Å². The molecule has 3 rings (SSSR count). The van der Waals surface area contributed by atoms with E-state index in [1.54, 1.807) is 0 Å². The highest BCUT2D eigenvalue weighted by Gasteiger charge is 2.23. The fourth-order valence-corrected chi connectivity index (χ4v) is 2.21. The first-order valence-electron chi connectivity index (χ1n) is 6.23. The lowest BCUT2D eigenvalue weighted by Gasteiger charge is -2.01. The van der Waals surface area contributed by atoms with Gasteiger partial charge in [0, 0.05) is 18.1 Å². The second-order valence-electron chi connectivity index (χ2n) is 4.84. The fraction of sp³-hybridized carbons (Fsp3) is 0.429. The molecule has 0 radical (unpaired) electrons. The van der Waals surface area contributed by atoms with Crippen molar-refractivity contribution in [3.05, 3.63) is 35.2 Å². The third-order valence-corrected chi connectivity index (χ3v) is 3.36. The summed E-state index contributed by atoms with van der Waals surface area (Å²) in [4.78, 5) is 4.51. The molecule has 0 spiro atoms. The molecule has 1 aliphatic heterocycles. The minimum Gasteiger partial charge on any atom is -0.381 e. The first kappa shape index (κ1) is 11.4. The summed E-state index contributed by atoms with van der Waals surface area (Å²) in [5.74, 6) is 1.66. The molecule has 18 heavy (non-hydrogen) atoms. The van der Waals surface area contributed by atoms with Gasteiger partial charge in [0.2, 0.25) is 0 Å². The van der Waals surface area contributed by atoms with Crippen LogP contribution in [0.2, 0.25) is 0 Å². The van der Waals surface area contributed by atoms with Crippen molar-refractivity contribution in [3.8, 4) is 11.5 Å². The van der Waals surface area contributed by atoms with E-state index in [1.165, 1.54) is 5.56 Å². The second kappa shape index (κ2) is 4.53. The zero-order chi connectivity index (χ0) is 12.5. The molecular weight excluding hydrogens is 228 g/mol. The number of rotatable bonds is 2. The first-order valence-corrected chi connectivity index (χ1v) is 6.23. The van der Waals surface area contributed by atoms with Gasteiger partial charge in [0.15, 0.2) is 5.82 Å². The van der Waals surface area contributed by atoms with E-state index in [-0.39, 0.29) is 5.92 Å². The maximum absolute atomic E-state index is 5.38. The number of hydrogen-bond acceptors (Lipinski definition) is 4. The fourth-order valence-electron chi connectivity index (χ4n) is 2.21. The number of hydrogen-bond donors (Lipinski definition) is 0. The van der Waals surface area contributed by atoms with E-state index < -0.39 is 0 Å². The molecule has 94 valence electrons. The van der Waals surface area contributed by atoms with Crippen LogP contribution in [-0.4, -0.2) is 23.4 Å². The van der Waals surface area contributed by atoms with Gasteiger partial charge in [-0.05, 0) is 31.9 Å². The number of ether oxygens (including phenoxy) is 1. The largest absolute Gasteiger partial charge is 0.381 e. The molecule has 1 atom stereocenters. The molecule has 1 aromatic carbocycles. The van der Waals surface area contributed by atoms with Crippen molar-refractivity contribution in [2.45, 2.75) is 26.2 Å². The maximum atomic E-state index is 5.38. The molecule has 4 nitrogen and oxygen atoms in total. The molecular formula is C14H16N2O2. The highest BCUT2D eigenvalue weighted by molar-refractivity contribution is 5.59. The molecule has 4 heteroatoms. The van der Waals surface area contributed by atoms with Crippen molar-refractivity contribution >= 4 is 0 Å². The van der Waals surface area contributed by atoms with Gasteiger partial charge < -0.3 is 9.26 Å². The van der Waals surface area contributed by atoms with E-state index in [0.717, 1.165) is 30.0 Å². The Balaban J connectivity index is 1.94. The van der Waals surface area contributed by atoms with Crippen LogP contribution in [0.4, 0.5) is 0 Å². The summed E-state index contributed by atoms with van der Waals surface area (Å²) < 4.78 is 10.7. The van der Waals surface area contributed by atoms with Gasteiger partial charge in [0.25, 0.3) is 5.89 Å². The Bertz CT molecular complexity index is 557. The van der Waals surface area contributed by atoms with Crippen LogP contribution in [0, 0.1) is 13.8 Å². The minimum absolute atomic E-state index is 0.285. The van der Waals surface area contributed by atoms with E-state index in [9.17, 15) is 0 Å². The van der Waals surface area contributed by atoms with E-state index in [2.05, 4.69) is 42.2 Å². The first-order chi connectivity index (χ1) is 8.74. The van der Waals surface area contributed by atoms with Crippen molar-refractivity contribution in [2.24, 2.45) is 0 Å². The SMILES string of the molecule is Cc1ccc(C)c(-c2nc(C3CCOC3)no2)c1. The predicted octanol–water partition coefficient (Wildman–Crippen LogP) is 2.86. The van der Waals surface area contributed by atoms with Gasteiger partial charge in [-0.3, -0.25) is 0 Å². The highest BCUT2D eigenvalue weighted by Crippen LogP contribution is 2.27. The van der Waals surface area contributed by atoms with Crippen LogP contribution in [0.5, 0.6) is 0 Å². The summed E-state index contributed by atoms with van der Waals surface area (Å²) in [6.45, 7) is 5.60. The van der Waals surface area contributed by atoms with Crippen molar-refractivity contribution in [3.63, 3.8) is 0 Å². The van der Waals surface area contributed by atoms with Crippen LogP contribution in [0.1, 0.15) is 29.3 Å². The molecule has 2 aromatic rings. The Kier molecular flexibility index (Phi) is 2.88. The van der Waals surface area contributed by atoms with Crippen LogP contribution in [0.3, 0.4) is 0 Å². The number of nitrogens with zero attached hydrogens (tertiary/aromatic N) is 2. The smallest absolute Gasteiger partial charge is 0.258 e. The maximum Gasteiger partial charge on any atom is 0.258 e. The Hall–Kier alpha value is -1.68. The zero-order valence-electron chi connectivity index (χ0n) is 10.6. The van der Waals surface area contributed by atoms with Crippen LogP contribution >= 0.6 is 0 Å². The Morgan fingerprint density at radius 1 is 1.28 bits per heavy atom. The van der Waals surface area contributed by atoms with Gasteiger partial charge in [-0.25, -0.2) is 0 Å². The molecule has 1 fully saturated rings. The van der Waals surface area contributed by atoms with E-state index in [4.69, 9.17) is 9.26 Å². The molecule has 1 unspecified atom stereocenters. The Labute approximate surface area is 106 Å². The van der Waals surface area contributed by atoms with E-state index in [1.807, 2.05) is 0 Å². The monoisotopic (exact) mass is 244 g/mol. The second-order valence-corrected chi connectivity index (χ2v) is 4.84.